The van der Waals surface area contributed by atoms with Gasteiger partial charge in [-0.3, -0.25) is 4.79 Å². The molecule has 2 aromatic carbocycles. The van der Waals surface area contributed by atoms with Gasteiger partial charge in [-0.2, -0.15) is 0 Å². The molecule has 1 saturated heterocycles. The van der Waals surface area contributed by atoms with E-state index in [0.29, 0.717) is 31.0 Å². The molecule has 2 aliphatic rings. The van der Waals surface area contributed by atoms with Crippen molar-refractivity contribution in [1.82, 2.24) is 9.62 Å². The van der Waals surface area contributed by atoms with Crippen molar-refractivity contribution in [2.45, 2.75) is 49.3 Å². The Morgan fingerprint density at radius 2 is 1.77 bits per heavy atom. The summed E-state index contributed by atoms with van der Waals surface area (Å²) < 4.78 is 27.0. The summed E-state index contributed by atoms with van der Waals surface area (Å²) in [5, 5.41) is 3.84. The first-order valence-electron chi connectivity index (χ1n) is 10.5. The number of amides is 1. The van der Waals surface area contributed by atoms with Crippen LogP contribution in [0.1, 0.15) is 43.2 Å². The minimum absolute atomic E-state index is 0.00247. The summed E-state index contributed by atoms with van der Waals surface area (Å²) in [6.45, 7) is 0.870. The Bertz CT molecular complexity index is 998. The van der Waals surface area contributed by atoms with Crippen LogP contribution < -0.4 is 5.32 Å². The second-order valence-corrected chi connectivity index (χ2v) is 10.7. The summed E-state index contributed by atoms with van der Waals surface area (Å²) in [4.78, 5) is 13.2. The number of carbonyl (C=O) groups is 1. The first-order chi connectivity index (χ1) is 14.4. The van der Waals surface area contributed by atoms with Gasteiger partial charge in [0.1, 0.15) is 0 Å². The fourth-order valence-electron chi connectivity index (χ4n) is 4.44. The predicted molar refractivity (Wildman–Crippen MR) is 119 cm³/mol. The number of hydrogen-bond donors (Lipinski definition) is 1. The lowest BCUT2D eigenvalue weighted by Crippen LogP contribution is -2.54. The van der Waals surface area contributed by atoms with Crippen molar-refractivity contribution in [3.8, 4) is 0 Å². The highest BCUT2D eigenvalue weighted by atomic mass is 35.5. The van der Waals surface area contributed by atoms with Gasteiger partial charge in [0.25, 0.3) is 0 Å². The molecule has 1 saturated carbocycles. The van der Waals surface area contributed by atoms with E-state index >= 15 is 0 Å². The fourth-order valence-corrected chi connectivity index (χ4v) is 6.20. The van der Waals surface area contributed by atoms with Crippen molar-refractivity contribution in [2.75, 3.05) is 13.1 Å². The van der Waals surface area contributed by atoms with E-state index < -0.39 is 15.4 Å². The molecule has 0 aromatic heterocycles. The largest absolute Gasteiger partial charge is 0.352 e. The molecule has 2 aromatic rings. The van der Waals surface area contributed by atoms with Crippen molar-refractivity contribution >= 4 is 27.5 Å². The van der Waals surface area contributed by atoms with Gasteiger partial charge in [-0.05, 0) is 48.9 Å². The summed E-state index contributed by atoms with van der Waals surface area (Å²) in [7, 11) is -3.35. The predicted octanol–water partition coefficient (Wildman–Crippen LogP) is 3.87. The number of benzene rings is 2. The minimum atomic E-state index is -3.35. The van der Waals surface area contributed by atoms with Crippen LogP contribution in [0, 0.1) is 0 Å². The van der Waals surface area contributed by atoms with Crippen molar-refractivity contribution in [3.05, 3.63) is 70.7 Å². The van der Waals surface area contributed by atoms with Gasteiger partial charge in [0.2, 0.25) is 15.9 Å². The van der Waals surface area contributed by atoms with Crippen LogP contribution in [-0.2, 0) is 26.0 Å². The highest BCUT2D eigenvalue weighted by Crippen LogP contribution is 2.44. The van der Waals surface area contributed by atoms with Crippen LogP contribution in [0.3, 0.4) is 0 Å². The highest BCUT2D eigenvalue weighted by molar-refractivity contribution is 7.88. The van der Waals surface area contributed by atoms with E-state index in [1.54, 1.807) is 4.31 Å². The topological polar surface area (TPSA) is 66.5 Å². The van der Waals surface area contributed by atoms with Gasteiger partial charge < -0.3 is 5.32 Å². The van der Waals surface area contributed by atoms with E-state index in [1.165, 1.54) is 0 Å². The van der Waals surface area contributed by atoms with Gasteiger partial charge in [-0.15, -0.1) is 0 Å². The van der Waals surface area contributed by atoms with Crippen LogP contribution in [0.25, 0.3) is 0 Å². The number of halogens is 1. The van der Waals surface area contributed by atoms with Gasteiger partial charge in [0, 0.05) is 24.2 Å². The number of piperidine rings is 1. The molecule has 1 N–H and O–H groups in total. The number of sulfonamides is 1. The lowest BCUT2D eigenvalue weighted by molar-refractivity contribution is -0.130. The summed E-state index contributed by atoms with van der Waals surface area (Å²) in [6, 6.07) is 16.8. The quantitative estimate of drug-likeness (QED) is 0.732. The Morgan fingerprint density at radius 1 is 1.07 bits per heavy atom. The molecule has 0 radical (unpaired) electrons. The number of carbonyl (C=O) groups excluding carboxylic acids is 1. The maximum Gasteiger partial charge on any atom is 0.230 e. The molecule has 160 valence electrons. The summed E-state index contributed by atoms with van der Waals surface area (Å²) >= 11 is 6.15. The van der Waals surface area contributed by atoms with E-state index in [1.807, 2.05) is 54.6 Å². The molecule has 5 nitrogen and oxygen atoms in total. The lowest BCUT2D eigenvalue weighted by atomic mass is 9.63. The Kier molecular flexibility index (Phi) is 6.19. The Hall–Kier alpha value is -1.89. The molecular formula is C23H27ClN2O3S. The van der Waals surface area contributed by atoms with Crippen LogP contribution in [0.4, 0.5) is 0 Å². The monoisotopic (exact) mass is 446 g/mol. The Balaban J connectivity index is 1.36. The molecule has 1 aliphatic carbocycles. The molecule has 0 atom stereocenters. The van der Waals surface area contributed by atoms with Crippen LogP contribution >= 0.6 is 11.6 Å². The number of rotatable bonds is 6. The molecule has 1 amide bonds. The van der Waals surface area contributed by atoms with E-state index in [4.69, 9.17) is 11.6 Å². The molecule has 2 fully saturated rings. The van der Waals surface area contributed by atoms with Crippen molar-refractivity contribution in [1.29, 1.82) is 0 Å². The Morgan fingerprint density at radius 3 is 2.37 bits per heavy atom. The summed E-state index contributed by atoms with van der Waals surface area (Å²) in [5.74, 6) is 0.0598. The third-order valence-corrected chi connectivity index (χ3v) is 8.48. The number of nitrogens with one attached hydrogen (secondary N) is 1. The molecule has 4 rings (SSSR count). The third-order valence-electron chi connectivity index (χ3n) is 6.39. The van der Waals surface area contributed by atoms with Gasteiger partial charge in [-0.25, -0.2) is 12.7 Å². The zero-order valence-electron chi connectivity index (χ0n) is 16.9. The molecule has 0 spiro atoms. The molecular weight excluding hydrogens is 420 g/mol. The molecule has 1 aliphatic heterocycles. The molecule has 0 unspecified atom stereocenters. The van der Waals surface area contributed by atoms with E-state index in [9.17, 15) is 13.2 Å². The van der Waals surface area contributed by atoms with Crippen LogP contribution in [0.5, 0.6) is 0 Å². The highest BCUT2D eigenvalue weighted by Gasteiger charge is 2.46. The van der Waals surface area contributed by atoms with Crippen molar-refractivity contribution in [2.24, 2.45) is 0 Å². The zero-order chi connectivity index (χ0) is 21.2. The molecule has 30 heavy (non-hydrogen) atoms. The average molecular weight is 447 g/mol. The van der Waals surface area contributed by atoms with Crippen LogP contribution in [0.15, 0.2) is 54.6 Å². The first-order valence-corrected chi connectivity index (χ1v) is 12.5. The Labute approximate surface area is 183 Å². The second kappa shape index (κ2) is 8.69. The van der Waals surface area contributed by atoms with Crippen molar-refractivity contribution < 1.29 is 13.2 Å². The third kappa shape index (κ3) is 4.41. The molecule has 0 bridgehead atoms. The maximum absolute atomic E-state index is 13.2. The maximum atomic E-state index is 13.2. The van der Waals surface area contributed by atoms with Crippen molar-refractivity contribution in [3.63, 3.8) is 0 Å². The van der Waals surface area contributed by atoms with Gasteiger partial charge in [0.05, 0.1) is 11.2 Å². The van der Waals surface area contributed by atoms with Gasteiger partial charge in [0.15, 0.2) is 0 Å². The fraction of sp³-hybridized carbons (Fsp3) is 0.435. The smallest absolute Gasteiger partial charge is 0.230 e. The van der Waals surface area contributed by atoms with Crippen LogP contribution in [-0.4, -0.2) is 37.8 Å². The molecule has 7 heteroatoms. The van der Waals surface area contributed by atoms with E-state index in [-0.39, 0.29) is 17.7 Å². The van der Waals surface area contributed by atoms with E-state index in [2.05, 4.69) is 5.32 Å². The van der Waals surface area contributed by atoms with Gasteiger partial charge >= 0.3 is 0 Å². The number of hydrogen-bond acceptors (Lipinski definition) is 3. The van der Waals surface area contributed by atoms with Gasteiger partial charge in [-0.1, -0.05) is 60.5 Å². The molecule has 1 heterocycles. The standard InChI is InChI=1S/C23H27ClN2O3S/c24-20-9-4-8-19(16-20)23(12-5-13-23)22(27)25-21-10-14-26(15-11-21)30(28,29)17-18-6-2-1-3-7-18/h1-4,6-9,16,21H,5,10-15,17H2,(H,25,27). The second-order valence-electron chi connectivity index (χ2n) is 8.33. The first kappa shape index (κ1) is 21.3. The van der Waals surface area contributed by atoms with E-state index in [0.717, 1.165) is 30.4 Å². The van der Waals surface area contributed by atoms with Crippen LogP contribution in [0.2, 0.25) is 5.02 Å². The SMILES string of the molecule is O=C(NC1CCN(S(=O)(=O)Cc2ccccc2)CC1)C1(c2cccc(Cl)c2)CCC1. The number of nitrogens with zero attached hydrogens (tertiary/aromatic N) is 1. The summed E-state index contributed by atoms with van der Waals surface area (Å²) in [6.07, 6.45) is 3.93. The normalized spacial score (nSPS) is 19.8. The minimum Gasteiger partial charge on any atom is -0.352 e. The lowest BCUT2D eigenvalue weighted by Gasteiger charge is -2.42. The average Bonchev–Trinajstić information content (AvgIpc) is 2.68. The zero-order valence-corrected chi connectivity index (χ0v) is 18.5. The summed E-state index contributed by atoms with van der Waals surface area (Å²) in [5.41, 5.74) is 1.27.